The van der Waals surface area contributed by atoms with E-state index in [-0.39, 0.29) is 5.75 Å². The standard InChI is InChI=1S/C18H19NO5/c1-22-14-9-13(10-15(11-14)23-2)16(19-21)6-4-12-5-7-18(24-3)17(20)8-12/h4-11,20-21H,1-3H3/b6-4+,19-16-. The molecule has 0 spiro atoms. The minimum absolute atomic E-state index is 0.0326. The smallest absolute Gasteiger partial charge is 0.160 e. The van der Waals surface area contributed by atoms with E-state index in [1.807, 2.05) is 0 Å². The summed E-state index contributed by atoms with van der Waals surface area (Å²) >= 11 is 0. The summed E-state index contributed by atoms with van der Waals surface area (Å²) in [4.78, 5) is 0. The van der Waals surface area contributed by atoms with Crippen LogP contribution in [0.4, 0.5) is 0 Å². The van der Waals surface area contributed by atoms with E-state index in [9.17, 15) is 10.3 Å². The van der Waals surface area contributed by atoms with Crippen molar-refractivity contribution in [2.24, 2.45) is 5.16 Å². The maximum absolute atomic E-state index is 9.80. The van der Waals surface area contributed by atoms with Crippen LogP contribution in [0, 0.1) is 0 Å². The lowest BCUT2D eigenvalue weighted by molar-refractivity contribution is 0.320. The van der Waals surface area contributed by atoms with Crippen LogP contribution in [-0.2, 0) is 0 Å². The number of benzene rings is 2. The number of phenols is 1. The number of methoxy groups -OCH3 is 3. The highest BCUT2D eigenvalue weighted by molar-refractivity contribution is 6.10. The SMILES string of the molecule is COc1cc(OC)cc(C(/C=C/c2ccc(OC)c(O)c2)=N\O)c1. The second-order valence-corrected chi connectivity index (χ2v) is 4.85. The predicted molar refractivity (Wildman–Crippen MR) is 91.6 cm³/mol. The van der Waals surface area contributed by atoms with Gasteiger partial charge < -0.3 is 24.5 Å². The van der Waals surface area contributed by atoms with Gasteiger partial charge in [-0.15, -0.1) is 0 Å². The number of rotatable bonds is 6. The van der Waals surface area contributed by atoms with Crippen molar-refractivity contribution in [2.45, 2.75) is 0 Å². The maximum atomic E-state index is 9.80. The van der Waals surface area contributed by atoms with Crippen LogP contribution in [0.2, 0.25) is 0 Å². The van der Waals surface area contributed by atoms with E-state index in [0.717, 1.165) is 5.56 Å². The van der Waals surface area contributed by atoms with Crippen molar-refractivity contribution in [3.05, 3.63) is 53.6 Å². The highest BCUT2D eigenvalue weighted by Crippen LogP contribution is 2.27. The zero-order valence-electron chi connectivity index (χ0n) is 13.7. The first-order valence-corrected chi connectivity index (χ1v) is 7.12. The first-order chi connectivity index (χ1) is 11.6. The minimum Gasteiger partial charge on any atom is -0.504 e. The quantitative estimate of drug-likeness (QED) is 0.483. The van der Waals surface area contributed by atoms with Crippen molar-refractivity contribution >= 4 is 11.8 Å². The normalized spacial score (nSPS) is 11.5. The van der Waals surface area contributed by atoms with Gasteiger partial charge in [-0.1, -0.05) is 17.3 Å². The van der Waals surface area contributed by atoms with Gasteiger partial charge in [0.25, 0.3) is 0 Å². The van der Waals surface area contributed by atoms with Crippen molar-refractivity contribution < 1.29 is 24.5 Å². The van der Waals surface area contributed by atoms with Gasteiger partial charge in [-0.3, -0.25) is 0 Å². The van der Waals surface area contributed by atoms with E-state index < -0.39 is 0 Å². The van der Waals surface area contributed by atoms with E-state index in [0.29, 0.717) is 28.5 Å². The molecule has 0 fully saturated rings. The summed E-state index contributed by atoms with van der Waals surface area (Å²) in [6.45, 7) is 0. The lowest BCUT2D eigenvalue weighted by Crippen LogP contribution is -1.99. The third kappa shape index (κ3) is 3.98. The monoisotopic (exact) mass is 329 g/mol. The lowest BCUT2D eigenvalue weighted by atomic mass is 10.1. The summed E-state index contributed by atoms with van der Waals surface area (Å²) in [6, 6.07) is 10.2. The van der Waals surface area contributed by atoms with Gasteiger partial charge in [0, 0.05) is 11.6 Å². The summed E-state index contributed by atoms with van der Waals surface area (Å²) in [7, 11) is 4.58. The molecule has 0 atom stereocenters. The predicted octanol–water partition coefficient (Wildman–Crippen LogP) is 3.31. The lowest BCUT2D eigenvalue weighted by Gasteiger charge is -2.08. The molecule has 0 amide bonds. The molecule has 2 N–H and O–H groups in total. The minimum atomic E-state index is 0.0326. The zero-order valence-corrected chi connectivity index (χ0v) is 13.7. The molecule has 2 aromatic rings. The van der Waals surface area contributed by atoms with Crippen molar-refractivity contribution in [1.29, 1.82) is 0 Å². The summed E-state index contributed by atoms with van der Waals surface area (Å²) < 4.78 is 15.4. The van der Waals surface area contributed by atoms with Crippen molar-refractivity contribution in [1.82, 2.24) is 0 Å². The Morgan fingerprint density at radius 1 is 0.958 bits per heavy atom. The molecule has 0 saturated heterocycles. The Labute approximate surface area is 140 Å². The Balaban J connectivity index is 2.31. The van der Waals surface area contributed by atoms with Crippen molar-refractivity contribution in [3.63, 3.8) is 0 Å². The highest BCUT2D eigenvalue weighted by Gasteiger charge is 2.07. The number of allylic oxidation sites excluding steroid dienone is 1. The van der Waals surface area contributed by atoms with E-state index in [1.165, 1.54) is 7.11 Å². The summed E-state index contributed by atoms with van der Waals surface area (Å²) in [5, 5.41) is 22.4. The third-order valence-electron chi connectivity index (χ3n) is 3.39. The van der Waals surface area contributed by atoms with Gasteiger partial charge >= 0.3 is 0 Å². The topological polar surface area (TPSA) is 80.5 Å². The molecule has 24 heavy (non-hydrogen) atoms. The Morgan fingerprint density at radius 3 is 2.12 bits per heavy atom. The van der Waals surface area contributed by atoms with Crippen molar-refractivity contribution in [2.75, 3.05) is 21.3 Å². The molecule has 0 heterocycles. The van der Waals surface area contributed by atoms with Gasteiger partial charge in [0.05, 0.1) is 21.3 Å². The number of ether oxygens (including phenoxy) is 3. The van der Waals surface area contributed by atoms with Crippen LogP contribution in [0.25, 0.3) is 6.08 Å². The Bertz CT molecular complexity index is 746. The van der Waals surface area contributed by atoms with Crippen LogP contribution >= 0.6 is 0 Å². The molecule has 6 heteroatoms. The molecule has 0 aliphatic carbocycles. The number of phenolic OH excluding ortho intramolecular Hbond substituents is 1. The van der Waals surface area contributed by atoms with Gasteiger partial charge in [-0.05, 0) is 35.9 Å². The molecule has 0 radical (unpaired) electrons. The van der Waals surface area contributed by atoms with Crippen LogP contribution in [0.5, 0.6) is 23.0 Å². The molecule has 126 valence electrons. The Kier molecular flexibility index (Phi) is 5.68. The molecule has 0 aromatic heterocycles. The number of hydrogen-bond acceptors (Lipinski definition) is 6. The van der Waals surface area contributed by atoms with Gasteiger partial charge in [0.1, 0.15) is 17.2 Å². The second kappa shape index (κ2) is 7.92. The summed E-state index contributed by atoms with van der Waals surface area (Å²) in [5.74, 6) is 1.59. The van der Waals surface area contributed by atoms with Crippen LogP contribution in [0.3, 0.4) is 0 Å². The average molecular weight is 329 g/mol. The molecular formula is C18H19NO5. The first kappa shape index (κ1) is 17.2. The van der Waals surface area contributed by atoms with Crippen LogP contribution in [0.15, 0.2) is 47.6 Å². The number of oxime groups is 1. The molecule has 2 rings (SSSR count). The number of aromatic hydroxyl groups is 1. The fourth-order valence-corrected chi connectivity index (χ4v) is 2.13. The van der Waals surface area contributed by atoms with Crippen molar-refractivity contribution in [3.8, 4) is 23.0 Å². The van der Waals surface area contributed by atoms with E-state index in [4.69, 9.17) is 14.2 Å². The van der Waals surface area contributed by atoms with Gasteiger partial charge in [-0.2, -0.15) is 0 Å². The van der Waals surface area contributed by atoms with Crippen LogP contribution < -0.4 is 14.2 Å². The third-order valence-corrected chi connectivity index (χ3v) is 3.39. The number of hydrogen-bond donors (Lipinski definition) is 2. The molecule has 0 aliphatic rings. The Hall–Kier alpha value is -3.15. The van der Waals surface area contributed by atoms with E-state index in [1.54, 1.807) is 62.8 Å². The second-order valence-electron chi connectivity index (χ2n) is 4.85. The molecule has 0 bridgehead atoms. The zero-order chi connectivity index (χ0) is 17.5. The highest BCUT2D eigenvalue weighted by atomic mass is 16.5. The summed E-state index contributed by atoms with van der Waals surface area (Å²) in [5.41, 5.74) is 1.68. The van der Waals surface area contributed by atoms with E-state index in [2.05, 4.69) is 5.16 Å². The summed E-state index contributed by atoms with van der Waals surface area (Å²) in [6.07, 6.45) is 3.33. The molecule has 0 unspecified atom stereocenters. The molecule has 6 nitrogen and oxygen atoms in total. The largest absolute Gasteiger partial charge is 0.504 e. The molecule has 2 aromatic carbocycles. The van der Waals surface area contributed by atoms with Crippen LogP contribution in [0.1, 0.15) is 11.1 Å². The van der Waals surface area contributed by atoms with E-state index >= 15 is 0 Å². The molecule has 0 saturated carbocycles. The molecule has 0 aliphatic heterocycles. The van der Waals surface area contributed by atoms with Gasteiger partial charge in [-0.25, -0.2) is 0 Å². The first-order valence-electron chi connectivity index (χ1n) is 7.12. The number of nitrogens with zero attached hydrogens (tertiary/aromatic N) is 1. The van der Waals surface area contributed by atoms with Crippen LogP contribution in [-0.4, -0.2) is 37.4 Å². The Morgan fingerprint density at radius 2 is 1.62 bits per heavy atom. The fraction of sp³-hybridized carbons (Fsp3) is 0.167. The maximum Gasteiger partial charge on any atom is 0.160 e. The average Bonchev–Trinajstić information content (AvgIpc) is 2.62. The fourth-order valence-electron chi connectivity index (χ4n) is 2.13. The molecular weight excluding hydrogens is 310 g/mol. The van der Waals surface area contributed by atoms with Gasteiger partial charge in [0.15, 0.2) is 11.5 Å². The van der Waals surface area contributed by atoms with Gasteiger partial charge in [0.2, 0.25) is 0 Å².